The number of aryl methyl sites for hydroxylation is 1. The molecule has 0 atom stereocenters. The van der Waals surface area contributed by atoms with Crippen LogP contribution >= 0.6 is 11.8 Å². The van der Waals surface area contributed by atoms with Crippen molar-refractivity contribution in [2.45, 2.75) is 37.3 Å². The van der Waals surface area contributed by atoms with Crippen molar-refractivity contribution in [2.75, 3.05) is 52.1 Å². The zero-order chi connectivity index (χ0) is 21.7. The van der Waals surface area contributed by atoms with Crippen molar-refractivity contribution < 1.29 is 13.2 Å². The predicted octanol–water partition coefficient (Wildman–Crippen LogP) is 1.85. The summed E-state index contributed by atoms with van der Waals surface area (Å²) in [5.41, 5.74) is 0.581. The van der Waals surface area contributed by atoms with E-state index in [0.717, 1.165) is 30.5 Å². The summed E-state index contributed by atoms with van der Waals surface area (Å²) in [5.74, 6) is 0.191. The number of thioether (sulfide) groups is 1. The molecule has 4 saturated heterocycles. The molecule has 4 bridgehead atoms. The van der Waals surface area contributed by atoms with Crippen LogP contribution in [0.1, 0.15) is 26.3 Å². The smallest absolute Gasteiger partial charge is 0.224 e. The molecule has 0 aromatic heterocycles. The number of sulfonamides is 1. The maximum atomic E-state index is 14.0. The van der Waals surface area contributed by atoms with Gasteiger partial charge in [0.05, 0.1) is 32.4 Å². The normalized spacial score (nSPS) is 30.8. The number of benzene rings is 1. The number of ketones is 1. The third kappa shape index (κ3) is 4.20. The average molecular weight is 453 g/mol. The van der Waals surface area contributed by atoms with Gasteiger partial charge in [-0.1, -0.05) is 38.5 Å². The van der Waals surface area contributed by atoms with Crippen LogP contribution in [0, 0.1) is 12.3 Å². The first-order chi connectivity index (χ1) is 14.0. The summed E-state index contributed by atoms with van der Waals surface area (Å²) in [6.45, 7) is 11.6. The molecule has 1 aromatic carbocycles. The Labute approximate surface area is 184 Å². The van der Waals surface area contributed by atoms with Crippen molar-refractivity contribution in [3.63, 3.8) is 0 Å². The van der Waals surface area contributed by atoms with Crippen molar-refractivity contribution in [2.24, 2.45) is 5.41 Å². The summed E-state index contributed by atoms with van der Waals surface area (Å²) in [7, 11) is -3.69. The number of carbonyl (C=O) groups is 1. The lowest BCUT2D eigenvalue weighted by molar-refractivity contribution is -0.127. The molecule has 4 heterocycles. The molecule has 0 unspecified atom stereocenters. The van der Waals surface area contributed by atoms with E-state index < -0.39 is 20.2 Å². The van der Waals surface area contributed by atoms with Gasteiger partial charge in [-0.15, -0.1) is 11.8 Å². The van der Waals surface area contributed by atoms with Crippen molar-refractivity contribution in [1.29, 1.82) is 0 Å². The van der Waals surface area contributed by atoms with E-state index in [9.17, 15) is 13.2 Å². The highest BCUT2D eigenvalue weighted by atomic mass is 32.2. The first-order valence-corrected chi connectivity index (χ1v) is 12.8. The molecule has 1 aromatic rings. The Balaban J connectivity index is 1.60. The van der Waals surface area contributed by atoms with Crippen LogP contribution in [0.25, 0.3) is 0 Å². The molecule has 7 nitrogen and oxygen atoms in total. The molecule has 4 aliphatic rings. The second-order valence-electron chi connectivity index (χ2n) is 9.97. The zero-order valence-corrected chi connectivity index (χ0v) is 19.9. The summed E-state index contributed by atoms with van der Waals surface area (Å²) in [6.07, 6.45) is 0. The van der Waals surface area contributed by atoms with Crippen molar-refractivity contribution >= 4 is 27.6 Å². The highest BCUT2D eigenvalue weighted by Crippen LogP contribution is 2.37. The third-order valence-corrected chi connectivity index (χ3v) is 9.80. The van der Waals surface area contributed by atoms with E-state index in [1.807, 2.05) is 52.0 Å². The molecule has 30 heavy (non-hydrogen) atoms. The van der Waals surface area contributed by atoms with Gasteiger partial charge < -0.3 is 0 Å². The van der Waals surface area contributed by atoms with Crippen LogP contribution in [0.4, 0.5) is 0 Å². The van der Waals surface area contributed by atoms with E-state index >= 15 is 0 Å². The molecular weight excluding hydrogens is 420 g/mol. The second-order valence-corrected chi connectivity index (χ2v) is 13.3. The minimum absolute atomic E-state index is 0.0544. The standard InChI is InChI=1S/C21H32N4O3S2/c1-17-5-7-18(8-6-17)29-16-25(9-19(26)20(2,3)4)30(27,28)21-10-22-13-23(11-21)15-24(12-21)14-22/h5-8H,9-16H2,1-4H3. The minimum Gasteiger partial charge on any atom is -0.298 e. The van der Waals surface area contributed by atoms with Gasteiger partial charge in [0.1, 0.15) is 4.75 Å². The van der Waals surface area contributed by atoms with Crippen molar-refractivity contribution in [3.8, 4) is 0 Å². The fraction of sp³-hybridized carbons (Fsp3) is 0.667. The fourth-order valence-electron chi connectivity index (χ4n) is 4.55. The predicted molar refractivity (Wildman–Crippen MR) is 119 cm³/mol. The van der Waals surface area contributed by atoms with Crippen LogP contribution in [0.5, 0.6) is 0 Å². The molecule has 0 amide bonds. The molecule has 0 saturated carbocycles. The Morgan fingerprint density at radius 1 is 1.03 bits per heavy atom. The molecular formula is C21H32N4O3S2. The molecule has 4 aliphatic heterocycles. The molecule has 0 spiro atoms. The second kappa shape index (κ2) is 7.86. The SMILES string of the molecule is Cc1ccc(SCN(CC(=O)C(C)(C)C)S(=O)(=O)C23CN4CN(CN(C4)C2)C3)cc1. The Bertz CT molecular complexity index is 874. The van der Waals surface area contributed by atoms with Crippen molar-refractivity contribution in [3.05, 3.63) is 29.8 Å². The summed E-state index contributed by atoms with van der Waals surface area (Å²) in [5, 5.41) is 0. The number of Topliss-reactive ketones (excluding diaryl/α,β-unsaturated/α-hetero) is 1. The molecule has 9 heteroatoms. The highest BCUT2D eigenvalue weighted by molar-refractivity contribution is 8.00. The molecule has 5 rings (SSSR count). The maximum absolute atomic E-state index is 14.0. The van der Waals surface area contributed by atoms with Gasteiger partial charge in [-0.25, -0.2) is 8.42 Å². The topological polar surface area (TPSA) is 64.2 Å². The van der Waals surface area contributed by atoms with E-state index in [0.29, 0.717) is 19.6 Å². The average Bonchev–Trinajstić information content (AvgIpc) is 2.64. The van der Waals surface area contributed by atoms with Crippen LogP contribution < -0.4 is 0 Å². The van der Waals surface area contributed by atoms with Gasteiger partial charge in [-0.05, 0) is 19.1 Å². The van der Waals surface area contributed by atoms with Gasteiger partial charge in [0, 0.05) is 29.9 Å². The van der Waals surface area contributed by atoms with E-state index in [4.69, 9.17) is 0 Å². The van der Waals surface area contributed by atoms with E-state index in [-0.39, 0.29) is 18.2 Å². The lowest BCUT2D eigenvalue weighted by atomic mass is 9.91. The lowest BCUT2D eigenvalue weighted by Gasteiger charge is -2.60. The van der Waals surface area contributed by atoms with Crippen LogP contribution in [0.3, 0.4) is 0 Å². The summed E-state index contributed by atoms with van der Waals surface area (Å²) in [6, 6.07) is 8.05. The Hall–Kier alpha value is -0.970. The van der Waals surface area contributed by atoms with E-state index in [1.165, 1.54) is 16.1 Å². The van der Waals surface area contributed by atoms with Gasteiger partial charge >= 0.3 is 0 Å². The highest BCUT2D eigenvalue weighted by Gasteiger charge is 2.58. The van der Waals surface area contributed by atoms with Crippen LogP contribution in [-0.2, 0) is 14.8 Å². The fourth-order valence-corrected chi connectivity index (χ4v) is 7.85. The Morgan fingerprint density at radius 3 is 2.00 bits per heavy atom. The molecule has 0 radical (unpaired) electrons. The lowest BCUT2D eigenvalue weighted by Crippen LogP contribution is -2.79. The Kier molecular flexibility index (Phi) is 5.83. The van der Waals surface area contributed by atoms with Crippen molar-refractivity contribution in [1.82, 2.24) is 19.0 Å². The van der Waals surface area contributed by atoms with Crippen LogP contribution in [-0.4, -0.2) is 90.0 Å². The largest absolute Gasteiger partial charge is 0.298 e. The van der Waals surface area contributed by atoms with E-state index in [1.54, 1.807) is 0 Å². The summed E-state index contributed by atoms with van der Waals surface area (Å²) < 4.78 is 28.6. The first-order valence-electron chi connectivity index (χ1n) is 10.4. The quantitative estimate of drug-likeness (QED) is 0.462. The zero-order valence-electron chi connectivity index (χ0n) is 18.3. The molecule has 4 fully saturated rings. The van der Waals surface area contributed by atoms with Crippen LogP contribution in [0.15, 0.2) is 29.2 Å². The number of hydrogen-bond acceptors (Lipinski definition) is 7. The van der Waals surface area contributed by atoms with Gasteiger partial charge in [-0.2, -0.15) is 4.31 Å². The number of rotatable bonds is 7. The van der Waals surface area contributed by atoms with Gasteiger partial charge in [0.15, 0.2) is 5.78 Å². The minimum atomic E-state index is -3.69. The summed E-state index contributed by atoms with van der Waals surface area (Å²) in [4.78, 5) is 20.5. The van der Waals surface area contributed by atoms with Gasteiger partial charge in [-0.3, -0.25) is 19.5 Å². The Morgan fingerprint density at radius 2 is 1.53 bits per heavy atom. The van der Waals surface area contributed by atoms with Gasteiger partial charge in [0.2, 0.25) is 10.0 Å². The van der Waals surface area contributed by atoms with E-state index in [2.05, 4.69) is 14.7 Å². The molecule has 0 aliphatic carbocycles. The third-order valence-electron chi connectivity index (χ3n) is 6.18. The van der Waals surface area contributed by atoms with Crippen LogP contribution in [0.2, 0.25) is 0 Å². The molecule has 0 N–H and O–H groups in total. The number of nitrogens with zero attached hydrogens (tertiary/aromatic N) is 4. The number of carbonyl (C=O) groups excluding carboxylic acids is 1. The van der Waals surface area contributed by atoms with Gasteiger partial charge in [0.25, 0.3) is 0 Å². The summed E-state index contributed by atoms with van der Waals surface area (Å²) >= 11 is 1.47. The molecule has 166 valence electrons. The number of hydrogen-bond donors (Lipinski definition) is 0. The monoisotopic (exact) mass is 452 g/mol. The maximum Gasteiger partial charge on any atom is 0.224 e. The first kappa shape index (κ1) is 22.2.